The van der Waals surface area contributed by atoms with Crippen LogP contribution >= 0.6 is 0 Å². The second kappa shape index (κ2) is 10.3. The van der Waals surface area contributed by atoms with Gasteiger partial charge in [-0.2, -0.15) is 83.1 Å². The molecule has 0 aliphatic rings. The summed E-state index contributed by atoms with van der Waals surface area (Å²) in [5, 5.41) is -7.72. The maximum Gasteiger partial charge on any atom is 0.460 e. The molecule has 23 heteroatoms. The van der Waals surface area contributed by atoms with E-state index in [0.717, 1.165) is 6.92 Å². The minimum absolute atomic E-state index is 0.305. The van der Waals surface area contributed by atoms with Gasteiger partial charge in [0.2, 0.25) is 0 Å². The second-order valence-electron chi connectivity index (χ2n) is 7.20. The van der Waals surface area contributed by atoms with Gasteiger partial charge in [-0.1, -0.05) is 0 Å². The molecule has 39 heavy (non-hydrogen) atoms. The Morgan fingerprint density at radius 3 is 1.31 bits per heavy atom. The first-order valence-corrected chi connectivity index (χ1v) is 10.8. The highest BCUT2D eigenvalue weighted by Crippen LogP contribution is 2.64. The van der Waals surface area contributed by atoms with E-state index in [0.29, 0.717) is 13.8 Å². The van der Waals surface area contributed by atoms with Crippen molar-refractivity contribution < 1.29 is 92.6 Å². The van der Waals surface area contributed by atoms with Crippen molar-refractivity contribution in [3.63, 3.8) is 0 Å². The zero-order valence-corrected chi connectivity index (χ0v) is 19.7. The van der Waals surface area contributed by atoms with Gasteiger partial charge in [-0.3, -0.25) is 4.31 Å². The lowest BCUT2D eigenvalue weighted by molar-refractivity contribution is -0.458. The van der Waals surface area contributed by atoms with Crippen molar-refractivity contribution in [2.45, 2.75) is 67.7 Å². The summed E-state index contributed by atoms with van der Waals surface area (Å²) in [5.74, 6) is -53.6. The highest BCUT2D eigenvalue weighted by Gasteiger charge is 2.96. The molecule has 0 radical (unpaired) electrons. The summed E-state index contributed by atoms with van der Waals surface area (Å²) in [7, 11) is -7.54. The summed E-state index contributed by atoms with van der Waals surface area (Å²) in [5.41, 5.74) is -1.06. The minimum atomic E-state index is -8.92. The molecule has 0 atom stereocenters. The average Bonchev–Trinajstić information content (AvgIpc) is 2.75. The molecular weight excluding hydrogens is 625 g/mol. The van der Waals surface area contributed by atoms with E-state index >= 15 is 0 Å². The lowest BCUT2D eigenvalue weighted by atomic mass is 9.91. The van der Waals surface area contributed by atoms with Crippen LogP contribution in [0, 0.1) is 0 Å². The molecule has 0 aliphatic carbocycles. The molecule has 0 amide bonds. The Morgan fingerprint density at radius 1 is 0.667 bits per heavy atom. The molecule has 0 heterocycles. The maximum atomic E-state index is 14.3. The van der Waals surface area contributed by atoms with Crippen molar-refractivity contribution in [2.75, 3.05) is 13.2 Å². The number of carbonyl (C=O) groups excluding carboxylic acids is 1. The molecule has 0 aromatic carbocycles. The van der Waals surface area contributed by atoms with E-state index in [4.69, 9.17) is 0 Å². The van der Waals surface area contributed by atoms with Crippen molar-refractivity contribution in [2.24, 2.45) is 0 Å². The van der Waals surface area contributed by atoms with Gasteiger partial charge in [0, 0.05) is 12.7 Å². The van der Waals surface area contributed by atoms with E-state index in [1.54, 1.807) is 0 Å². The number of esters is 1. The van der Waals surface area contributed by atoms with Crippen LogP contribution in [-0.4, -0.2) is 78.8 Å². The summed E-state index contributed by atoms with van der Waals surface area (Å²) < 4.78 is 254. The molecule has 5 nitrogen and oxygen atoms in total. The highest BCUT2D eigenvalue weighted by molar-refractivity contribution is 7.90. The number of rotatable bonds is 12. The van der Waals surface area contributed by atoms with Crippen molar-refractivity contribution in [1.29, 1.82) is 0 Å². The Hall–Kier alpha value is -2.23. The molecule has 0 aromatic heterocycles. The van der Waals surface area contributed by atoms with Gasteiger partial charge in [-0.15, -0.1) is 0 Å². The van der Waals surface area contributed by atoms with Crippen molar-refractivity contribution in [3.05, 3.63) is 11.8 Å². The first kappa shape index (κ1) is 36.8. The molecule has 0 aliphatic heterocycles. The average molecular weight is 639 g/mol. The van der Waals surface area contributed by atoms with Gasteiger partial charge in [-0.25, -0.2) is 4.79 Å². The summed E-state index contributed by atoms with van der Waals surface area (Å²) in [6, 6.07) is 0. The highest BCUT2D eigenvalue weighted by atomic mass is 32.2. The number of alkyl halides is 17. The van der Waals surface area contributed by atoms with Crippen LogP contribution < -0.4 is 0 Å². The number of halogens is 17. The standard InChI is InChI=1S/C16H14F17NO4S/c1-4-34(6-7(3)8(35)38-5-2)39(36,37)16(32,33)14(27,28)12(23,24)10(19,20)9(17,18)11(21,22)13(25,26)15(29,30)31/h6H,4-5H2,1-3H3. The van der Waals surface area contributed by atoms with Gasteiger partial charge >= 0.3 is 63.0 Å². The van der Waals surface area contributed by atoms with E-state index in [2.05, 4.69) is 4.74 Å². The van der Waals surface area contributed by atoms with Crippen molar-refractivity contribution in [1.82, 2.24) is 4.31 Å². The summed E-state index contributed by atoms with van der Waals surface area (Å²) in [4.78, 5) is 11.5. The molecule has 0 fully saturated rings. The van der Waals surface area contributed by atoms with Gasteiger partial charge in [0.15, 0.2) is 0 Å². The van der Waals surface area contributed by atoms with Crippen LogP contribution in [-0.2, 0) is 19.6 Å². The van der Waals surface area contributed by atoms with Crippen molar-refractivity contribution in [3.8, 4) is 0 Å². The number of ether oxygens (including phenoxy) is 1. The minimum Gasteiger partial charge on any atom is -0.463 e. The Balaban J connectivity index is 7.10. The predicted octanol–water partition coefficient (Wildman–Crippen LogP) is 6.07. The van der Waals surface area contributed by atoms with Gasteiger partial charge in [0.25, 0.3) is 0 Å². The lowest BCUT2D eigenvalue weighted by Gasteiger charge is -2.42. The Bertz CT molecular complexity index is 1050. The number of hydrogen-bond acceptors (Lipinski definition) is 4. The van der Waals surface area contributed by atoms with Crippen LogP contribution in [0.3, 0.4) is 0 Å². The summed E-state index contributed by atoms with van der Waals surface area (Å²) in [6.07, 6.45) is -8.22. The van der Waals surface area contributed by atoms with E-state index in [-0.39, 0.29) is 6.20 Å². The van der Waals surface area contributed by atoms with E-state index in [1.165, 1.54) is 0 Å². The number of sulfonamides is 1. The van der Waals surface area contributed by atoms with Crippen LogP contribution in [0.5, 0.6) is 0 Å². The fourth-order valence-electron chi connectivity index (χ4n) is 2.30. The van der Waals surface area contributed by atoms with Crippen LogP contribution in [0.2, 0.25) is 0 Å². The number of carbonyl (C=O) groups is 1. The Morgan fingerprint density at radius 2 is 1.00 bits per heavy atom. The molecule has 0 saturated heterocycles. The molecule has 0 spiro atoms. The van der Waals surface area contributed by atoms with Crippen molar-refractivity contribution >= 4 is 16.0 Å². The van der Waals surface area contributed by atoms with Crippen LogP contribution in [0.1, 0.15) is 20.8 Å². The molecule has 0 rings (SSSR count). The van der Waals surface area contributed by atoms with Crippen LogP contribution in [0.25, 0.3) is 0 Å². The SMILES string of the molecule is CCOC(=O)C(C)=CN(CC)S(=O)(=O)C(F)(F)C(F)(F)C(F)(F)C(F)(F)C(F)(F)C(F)(F)C(F)(F)C(F)(F)F. The smallest absolute Gasteiger partial charge is 0.460 e. The molecule has 0 saturated carbocycles. The van der Waals surface area contributed by atoms with Gasteiger partial charge < -0.3 is 4.74 Å². The first-order chi connectivity index (χ1) is 16.8. The largest absolute Gasteiger partial charge is 0.463 e. The third-order valence-electron chi connectivity index (χ3n) is 4.57. The summed E-state index contributed by atoms with van der Waals surface area (Å²) in [6.45, 7) is 0.184. The molecule has 0 N–H and O–H groups in total. The third kappa shape index (κ3) is 5.18. The maximum absolute atomic E-state index is 14.3. The fourth-order valence-corrected chi connectivity index (χ4v) is 3.69. The molecule has 0 aromatic rings. The van der Waals surface area contributed by atoms with Crippen LogP contribution in [0.15, 0.2) is 11.8 Å². The van der Waals surface area contributed by atoms with Gasteiger partial charge in [0.05, 0.1) is 12.2 Å². The zero-order chi connectivity index (χ0) is 32.1. The van der Waals surface area contributed by atoms with Crippen LogP contribution in [0.4, 0.5) is 74.6 Å². The molecule has 0 bridgehead atoms. The monoisotopic (exact) mass is 639 g/mol. The summed E-state index contributed by atoms with van der Waals surface area (Å²) >= 11 is 0. The van der Waals surface area contributed by atoms with E-state index in [1.807, 2.05) is 0 Å². The molecular formula is C16H14F17NO4S. The first-order valence-electron chi connectivity index (χ1n) is 9.41. The Labute approximate surface area is 206 Å². The normalized spacial score (nSPS) is 15.8. The topological polar surface area (TPSA) is 63.7 Å². The number of hydrogen-bond donors (Lipinski definition) is 0. The van der Waals surface area contributed by atoms with Gasteiger partial charge in [-0.05, 0) is 20.8 Å². The Kier molecular flexibility index (Phi) is 9.72. The fraction of sp³-hybridized carbons (Fsp3) is 0.812. The van der Waals surface area contributed by atoms with Gasteiger partial charge in [0.1, 0.15) is 0 Å². The third-order valence-corrected chi connectivity index (χ3v) is 6.46. The quantitative estimate of drug-likeness (QED) is 0.148. The molecule has 0 unspecified atom stereocenters. The second-order valence-corrected chi connectivity index (χ2v) is 9.13. The molecule has 232 valence electrons. The van der Waals surface area contributed by atoms with E-state index in [9.17, 15) is 87.8 Å². The number of nitrogens with zero attached hydrogens (tertiary/aromatic N) is 1. The lowest BCUT2D eigenvalue weighted by Crippen LogP contribution is -2.75. The zero-order valence-electron chi connectivity index (χ0n) is 18.9. The van der Waals surface area contributed by atoms with E-state index < -0.39 is 86.0 Å². The predicted molar refractivity (Wildman–Crippen MR) is 92.4 cm³/mol.